The van der Waals surface area contributed by atoms with Crippen LogP contribution in [0.3, 0.4) is 0 Å². The standard InChI is InChI=1S/C33H33N3O2/c1-24-10-12-25(13-11-24)22-36-23-31(29-8-3-4-9-32(29)36)30(26-14-16-28(38-2)17-15-26)21-33(37)35-20-18-27-7-5-6-19-34-27/h3-17,19,23,30H,18,20-22H2,1-2H3,(H,35,37)/t30-/m0/s1. The molecule has 5 heteroatoms. The number of methoxy groups -OCH3 is 1. The smallest absolute Gasteiger partial charge is 0.220 e. The van der Waals surface area contributed by atoms with E-state index in [4.69, 9.17) is 4.74 Å². The topological polar surface area (TPSA) is 56.1 Å². The first-order valence-corrected chi connectivity index (χ1v) is 13.0. The van der Waals surface area contributed by atoms with Gasteiger partial charge in [-0.05, 0) is 53.9 Å². The summed E-state index contributed by atoms with van der Waals surface area (Å²) in [4.78, 5) is 17.6. The summed E-state index contributed by atoms with van der Waals surface area (Å²) in [5, 5.41) is 4.28. The molecule has 0 aliphatic heterocycles. The van der Waals surface area contributed by atoms with Gasteiger partial charge in [-0.3, -0.25) is 9.78 Å². The average molecular weight is 504 g/mol. The zero-order chi connectivity index (χ0) is 26.3. The van der Waals surface area contributed by atoms with Crippen LogP contribution in [0.1, 0.15) is 40.3 Å². The predicted octanol–water partition coefficient (Wildman–Crippen LogP) is 6.28. The number of amides is 1. The van der Waals surface area contributed by atoms with Gasteiger partial charge >= 0.3 is 0 Å². The molecule has 5 aromatic rings. The van der Waals surface area contributed by atoms with Crippen molar-refractivity contribution in [3.05, 3.63) is 131 Å². The van der Waals surface area contributed by atoms with Gasteiger partial charge < -0.3 is 14.6 Å². The third-order valence-corrected chi connectivity index (χ3v) is 7.01. The Kier molecular flexibility index (Phi) is 7.84. The van der Waals surface area contributed by atoms with Crippen LogP contribution in [0.2, 0.25) is 0 Å². The van der Waals surface area contributed by atoms with Gasteiger partial charge in [0.25, 0.3) is 0 Å². The number of hydrogen-bond donors (Lipinski definition) is 1. The summed E-state index contributed by atoms with van der Waals surface area (Å²) in [6.07, 6.45) is 5.06. The van der Waals surface area contributed by atoms with Crippen molar-refractivity contribution in [1.29, 1.82) is 0 Å². The van der Waals surface area contributed by atoms with Crippen molar-refractivity contribution in [2.75, 3.05) is 13.7 Å². The Bertz CT molecular complexity index is 1490. The molecule has 3 aromatic carbocycles. The number of para-hydroxylation sites is 1. The van der Waals surface area contributed by atoms with Crippen molar-refractivity contribution in [2.24, 2.45) is 0 Å². The van der Waals surface area contributed by atoms with E-state index in [0.29, 0.717) is 19.4 Å². The van der Waals surface area contributed by atoms with Gasteiger partial charge in [0.2, 0.25) is 5.91 Å². The molecule has 0 spiro atoms. The number of nitrogens with zero attached hydrogens (tertiary/aromatic N) is 2. The molecule has 192 valence electrons. The van der Waals surface area contributed by atoms with Crippen LogP contribution >= 0.6 is 0 Å². The molecular formula is C33H33N3O2. The number of pyridine rings is 1. The Morgan fingerprint density at radius 2 is 1.71 bits per heavy atom. The highest BCUT2D eigenvalue weighted by Gasteiger charge is 2.23. The molecule has 0 saturated carbocycles. The molecule has 0 aliphatic rings. The lowest BCUT2D eigenvalue weighted by molar-refractivity contribution is -0.121. The molecule has 0 aliphatic carbocycles. The number of rotatable bonds is 10. The Morgan fingerprint density at radius 1 is 0.947 bits per heavy atom. The van der Waals surface area contributed by atoms with E-state index < -0.39 is 0 Å². The second-order valence-electron chi connectivity index (χ2n) is 9.67. The number of aryl methyl sites for hydroxylation is 1. The number of aromatic nitrogens is 2. The molecule has 0 unspecified atom stereocenters. The first-order chi connectivity index (χ1) is 18.6. The number of carbonyl (C=O) groups is 1. The Hall–Kier alpha value is -4.38. The van der Waals surface area contributed by atoms with Crippen LogP contribution in [0.5, 0.6) is 5.75 Å². The maximum absolute atomic E-state index is 13.2. The van der Waals surface area contributed by atoms with Crippen LogP contribution in [0.25, 0.3) is 10.9 Å². The van der Waals surface area contributed by atoms with E-state index >= 15 is 0 Å². The van der Waals surface area contributed by atoms with Crippen LogP contribution in [0.4, 0.5) is 0 Å². The van der Waals surface area contributed by atoms with Gasteiger partial charge in [0.1, 0.15) is 5.75 Å². The largest absolute Gasteiger partial charge is 0.497 e. The minimum absolute atomic E-state index is 0.0251. The predicted molar refractivity (Wildman–Crippen MR) is 153 cm³/mol. The van der Waals surface area contributed by atoms with E-state index in [-0.39, 0.29) is 11.8 Å². The van der Waals surface area contributed by atoms with Gasteiger partial charge in [-0.1, -0.05) is 66.2 Å². The molecule has 0 fully saturated rings. The second-order valence-corrected chi connectivity index (χ2v) is 9.67. The fourth-order valence-electron chi connectivity index (χ4n) is 4.95. The van der Waals surface area contributed by atoms with Gasteiger partial charge in [0.05, 0.1) is 7.11 Å². The van der Waals surface area contributed by atoms with Crippen molar-refractivity contribution < 1.29 is 9.53 Å². The van der Waals surface area contributed by atoms with Crippen molar-refractivity contribution in [3.63, 3.8) is 0 Å². The molecule has 38 heavy (non-hydrogen) atoms. The van der Waals surface area contributed by atoms with Crippen LogP contribution in [0.15, 0.2) is 103 Å². The summed E-state index contributed by atoms with van der Waals surface area (Å²) >= 11 is 0. The van der Waals surface area contributed by atoms with E-state index in [9.17, 15) is 4.79 Å². The summed E-state index contributed by atoms with van der Waals surface area (Å²) in [6.45, 7) is 3.43. The highest BCUT2D eigenvalue weighted by molar-refractivity contribution is 5.86. The lowest BCUT2D eigenvalue weighted by Crippen LogP contribution is -2.27. The molecule has 2 heterocycles. The maximum Gasteiger partial charge on any atom is 0.220 e. The minimum Gasteiger partial charge on any atom is -0.497 e. The Balaban J connectivity index is 1.44. The number of hydrogen-bond acceptors (Lipinski definition) is 3. The molecule has 1 atom stereocenters. The van der Waals surface area contributed by atoms with E-state index in [1.54, 1.807) is 13.3 Å². The number of benzene rings is 3. The molecule has 0 saturated heterocycles. The highest BCUT2D eigenvalue weighted by atomic mass is 16.5. The monoisotopic (exact) mass is 503 g/mol. The van der Waals surface area contributed by atoms with Gasteiger partial charge in [-0.2, -0.15) is 0 Å². The number of carbonyl (C=O) groups excluding carboxylic acids is 1. The van der Waals surface area contributed by atoms with E-state index in [0.717, 1.165) is 34.6 Å². The average Bonchev–Trinajstić information content (AvgIpc) is 3.31. The molecule has 0 radical (unpaired) electrons. The summed E-state index contributed by atoms with van der Waals surface area (Å²) in [5.41, 5.74) is 6.87. The number of fused-ring (bicyclic) bond motifs is 1. The Morgan fingerprint density at radius 3 is 2.45 bits per heavy atom. The summed E-state index contributed by atoms with van der Waals surface area (Å²) in [7, 11) is 1.67. The molecule has 5 nitrogen and oxygen atoms in total. The number of ether oxygens (including phenoxy) is 1. The quantitative estimate of drug-likeness (QED) is 0.244. The molecule has 2 aromatic heterocycles. The Labute approximate surface area is 224 Å². The van der Waals surface area contributed by atoms with E-state index in [1.807, 2.05) is 30.3 Å². The van der Waals surface area contributed by atoms with Crippen molar-refractivity contribution in [2.45, 2.75) is 32.2 Å². The SMILES string of the molecule is COc1ccc([C@H](CC(=O)NCCc2ccccn2)c2cn(Cc3ccc(C)cc3)c3ccccc23)cc1. The molecular weight excluding hydrogens is 470 g/mol. The van der Waals surface area contributed by atoms with E-state index in [1.165, 1.54) is 16.5 Å². The zero-order valence-corrected chi connectivity index (χ0v) is 21.9. The van der Waals surface area contributed by atoms with Crippen LogP contribution in [-0.2, 0) is 17.8 Å². The fraction of sp³-hybridized carbons (Fsp3) is 0.212. The van der Waals surface area contributed by atoms with Crippen LogP contribution < -0.4 is 10.1 Å². The summed E-state index contributed by atoms with van der Waals surface area (Å²) in [6, 6.07) is 31.0. The highest BCUT2D eigenvalue weighted by Crippen LogP contribution is 2.35. The minimum atomic E-state index is -0.0973. The van der Waals surface area contributed by atoms with Crippen molar-refractivity contribution >= 4 is 16.8 Å². The normalized spacial score (nSPS) is 11.8. The third-order valence-electron chi connectivity index (χ3n) is 7.01. The maximum atomic E-state index is 13.2. The van der Waals surface area contributed by atoms with Gasteiger partial charge in [-0.15, -0.1) is 0 Å². The number of nitrogens with one attached hydrogen (secondary N) is 1. The molecule has 5 rings (SSSR count). The first-order valence-electron chi connectivity index (χ1n) is 13.0. The first kappa shape index (κ1) is 25.3. The van der Waals surface area contributed by atoms with Gasteiger partial charge in [0.15, 0.2) is 0 Å². The summed E-state index contributed by atoms with van der Waals surface area (Å²) in [5.74, 6) is 0.728. The lowest BCUT2D eigenvalue weighted by Gasteiger charge is -2.18. The molecule has 1 N–H and O–H groups in total. The summed E-state index contributed by atoms with van der Waals surface area (Å²) < 4.78 is 7.69. The van der Waals surface area contributed by atoms with Crippen molar-refractivity contribution in [3.8, 4) is 5.75 Å². The molecule has 1 amide bonds. The molecule has 0 bridgehead atoms. The third kappa shape index (κ3) is 5.94. The van der Waals surface area contributed by atoms with Gasteiger partial charge in [-0.25, -0.2) is 0 Å². The van der Waals surface area contributed by atoms with Crippen LogP contribution in [-0.4, -0.2) is 29.1 Å². The van der Waals surface area contributed by atoms with Crippen molar-refractivity contribution in [1.82, 2.24) is 14.9 Å². The lowest BCUT2D eigenvalue weighted by atomic mass is 9.88. The zero-order valence-electron chi connectivity index (χ0n) is 21.9. The van der Waals surface area contributed by atoms with Crippen LogP contribution in [0, 0.1) is 6.92 Å². The second kappa shape index (κ2) is 11.8. The van der Waals surface area contributed by atoms with E-state index in [2.05, 4.69) is 88.7 Å². The van der Waals surface area contributed by atoms with Gasteiger partial charge in [0, 0.05) is 60.8 Å². The fourth-order valence-corrected chi connectivity index (χ4v) is 4.95.